The van der Waals surface area contributed by atoms with E-state index in [1.165, 1.54) is 25.7 Å². The molecule has 4 aliphatic carbocycles. The van der Waals surface area contributed by atoms with Crippen LogP contribution in [0, 0.1) is 40.4 Å². The molecule has 0 aromatic rings. The summed E-state index contributed by atoms with van der Waals surface area (Å²) in [6.07, 6.45) is 8.70. The van der Waals surface area contributed by atoms with Crippen LogP contribution in [0.15, 0.2) is 0 Å². The molecule has 2 saturated heterocycles. The van der Waals surface area contributed by atoms with Crippen molar-refractivity contribution >= 4 is 0 Å². The molecule has 0 aromatic heterocycles. The molecule has 8 atom stereocenters. The van der Waals surface area contributed by atoms with Crippen molar-refractivity contribution in [2.24, 2.45) is 40.4 Å². The summed E-state index contributed by atoms with van der Waals surface area (Å²) in [7, 11) is 0. The molecule has 2 heterocycles. The van der Waals surface area contributed by atoms with Gasteiger partial charge in [0.2, 0.25) is 0 Å². The average molecular weight is 421 g/mol. The zero-order valence-corrected chi connectivity index (χ0v) is 19.0. The van der Waals surface area contributed by atoms with Gasteiger partial charge in [0.25, 0.3) is 0 Å². The minimum atomic E-state index is -0.467. The van der Waals surface area contributed by atoms with E-state index in [4.69, 9.17) is 18.9 Å². The van der Waals surface area contributed by atoms with Gasteiger partial charge in [-0.15, -0.1) is 0 Å². The van der Waals surface area contributed by atoms with E-state index < -0.39 is 5.79 Å². The summed E-state index contributed by atoms with van der Waals surface area (Å²) in [5, 5.41) is 11.7. The Morgan fingerprint density at radius 3 is 2.17 bits per heavy atom. The number of fused-ring (bicyclic) bond motifs is 5. The van der Waals surface area contributed by atoms with E-state index in [9.17, 15) is 5.11 Å². The first-order valence-corrected chi connectivity index (χ1v) is 12.5. The highest BCUT2D eigenvalue weighted by Crippen LogP contribution is 2.69. The largest absolute Gasteiger partial charge is 0.393 e. The van der Waals surface area contributed by atoms with Crippen molar-refractivity contribution in [2.75, 3.05) is 26.4 Å². The van der Waals surface area contributed by atoms with Crippen molar-refractivity contribution in [3.63, 3.8) is 0 Å². The lowest BCUT2D eigenvalue weighted by Crippen LogP contribution is -2.61. The lowest BCUT2D eigenvalue weighted by molar-refractivity contribution is -0.254. The van der Waals surface area contributed by atoms with Crippen molar-refractivity contribution < 1.29 is 24.1 Å². The van der Waals surface area contributed by atoms with E-state index in [-0.39, 0.29) is 22.7 Å². The van der Waals surface area contributed by atoms with Crippen molar-refractivity contribution in [3.05, 3.63) is 0 Å². The Labute approximate surface area is 181 Å². The van der Waals surface area contributed by atoms with Crippen LogP contribution in [-0.4, -0.2) is 49.2 Å². The number of rotatable bonds is 1. The zero-order valence-electron chi connectivity index (χ0n) is 19.0. The molecule has 0 bridgehead atoms. The average Bonchev–Trinajstić information content (AvgIpc) is 3.41. The normalized spacial score (nSPS) is 54.0. The highest BCUT2D eigenvalue weighted by atomic mass is 16.7. The maximum atomic E-state index is 11.7. The summed E-state index contributed by atoms with van der Waals surface area (Å²) in [5.74, 6) is 1.89. The fourth-order valence-corrected chi connectivity index (χ4v) is 9.67. The molecule has 0 radical (unpaired) electrons. The van der Waals surface area contributed by atoms with Gasteiger partial charge in [0.05, 0.1) is 32.5 Å². The first-order valence-electron chi connectivity index (χ1n) is 12.5. The third-order valence-electron chi connectivity index (χ3n) is 10.9. The van der Waals surface area contributed by atoms with Gasteiger partial charge in [-0.05, 0) is 80.0 Å². The predicted octanol–water partition coefficient (Wildman–Crippen LogP) is 4.12. The smallest absolute Gasteiger partial charge is 0.169 e. The Hall–Kier alpha value is -0.200. The van der Waals surface area contributed by atoms with Gasteiger partial charge in [-0.25, -0.2) is 0 Å². The quantitative estimate of drug-likeness (QED) is 0.691. The van der Waals surface area contributed by atoms with Gasteiger partial charge < -0.3 is 24.1 Å². The Bertz CT molecular complexity index is 683. The molecule has 1 N–H and O–H groups in total. The Morgan fingerprint density at radius 2 is 1.43 bits per heavy atom. The second-order valence-corrected chi connectivity index (χ2v) is 12.0. The zero-order chi connectivity index (χ0) is 20.8. The molecule has 2 aliphatic heterocycles. The topological polar surface area (TPSA) is 57.2 Å². The minimum absolute atomic E-state index is 0.108. The minimum Gasteiger partial charge on any atom is -0.393 e. The third kappa shape index (κ3) is 2.65. The fourth-order valence-electron chi connectivity index (χ4n) is 9.67. The van der Waals surface area contributed by atoms with Crippen LogP contribution < -0.4 is 0 Å². The van der Waals surface area contributed by atoms with E-state index in [1.54, 1.807) is 0 Å². The number of ether oxygens (including phenoxy) is 4. The molecule has 4 saturated carbocycles. The molecule has 6 aliphatic rings. The van der Waals surface area contributed by atoms with E-state index in [0.717, 1.165) is 38.9 Å². The Morgan fingerprint density at radius 1 is 0.733 bits per heavy atom. The lowest BCUT2D eigenvalue weighted by atomic mass is 9.43. The van der Waals surface area contributed by atoms with Crippen molar-refractivity contribution in [3.8, 4) is 0 Å². The van der Waals surface area contributed by atoms with Crippen LogP contribution >= 0.6 is 0 Å². The summed E-state index contributed by atoms with van der Waals surface area (Å²) in [6.45, 7) is 9.96. The van der Waals surface area contributed by atoms with Gasteiger partial charge in [0.1, 0.15) is 0 Å². The second-order valence-electron chi connectivity index (χ2n) is 12.0. The van der Waals surface area contributed by atoms with E-state index in [1.807, 2.05) is 0 Å². The molecule has 6 fully saturated rings. The maximum absolute atomic E-state index is 11.7. The van der Waals surface area contributed by atoms with Crippen LogP contribution in [0.2, 0.25) is 0 Å². The Kier molecular flexibility index (Phi) is 4.53. The second kappa shape index (κ2) is 6.66. The molecule has 0 unspecified atom stereocenters. The van der Waals surface area contributed by atoms with Gasteiger partial charge in [0.15, 0.2) is 11.6 Å². The van der Waals surface area contributed by atoms with Gasteiger partial charge >= 0.3 is 0 Å². The van der Waals surface area contributed by atoms with E-state index in [0.29, 0.717) is 42.8 Å². The molecular formula is C25H40O5. The van der Waals surface area contributed by atoms with E-state index >= 15 is 0 Å². The molecule has 6 rings (SSSR count). The number of aliphatic hydroxyl groups is 1. The van der Waals surface area contributed by atoms with Crippen LogP contribution in [0.25, 0.3) is 0 Å². The third-order valence-corrected chi connectivity index (χ3v) is 10.9. The van der Waals surface area contributed by atoms with Crippen LogP contribution in [0.5, 0.6) is 0 Å². The summed E-state index contributed by atoms with van der Waals surface area (Å²) < 4.78 is 24.5. The van der Waals surface area contributed by atoms with Crippen LogP contribution in [-0.2, 0) is 18.9 Å². The summed E-state index contributed by atoms with van der Waals surface area (Å²) in [6, 6.07) is 0. The summed E-state index contributed by atoms with van der Waals surface area (Å²) >= 11 is 0. The molecule has 30 heavy (non-hydrogen) atoms. The Balaban J connectivity index is 1.28. The molecule has 1 spiro atoms. The SMILES string of the molecule is CC1([C@H]2CC[C@@H]3[C@@H]4CC[C@@H]5CC6(CC[C@]5(C)[C@H]4[C@H](O)C[C@@]32C)OCCO6)OCCO1. The highest BCUT2D eigenvalue weighted by molar-refractivity contribution is 5.14. The van der Waals surface area contributed by atoms with Crippen LogP contribution in [0.1, 0.15) is 72.1 Å². The number of aliphatic hydroxyl groups excluding tert-OH is 1. The van der Waals surface area contributed by atoms with Gasteiger partial charge in [0, 0.05) is 18.8 Å². The molecule has 0 amide bonds. The first-order chi connectivity index (χ1) is 14.3. The van der Waals surface area contributed by atoms with E-state index in [2.05, 4.69) is 20.8 Å². The molecule has 5 nitrogen and oxygen atoms in total. The monoisotopic (exact) mass is 420 g/mol. The first kappa shape index (κ1) is 20.4. The van der Waals surface area contributed by atoms with Gasteiger partial charge in [-0.3, -0.25) is 0 Å². The maximum Gasteiger partial charge on any atom is 0.169 e. The standard InChI is InChI=1S/C25H40O5/c1-22-8-9-25(29-12-13-30-25)14-16(22)4-5-17-18-6-7-20(24(3)27-10-11-28-24)23(18,2)15-19(26)21(17)22/h16-21,26H,4-15H2,1-3H3/t16-,17+,18-,19-,20+,21-,22+,23+/m1/s1. The lowest BCUT2D eigenvalue weighted by Gasteiger charge is -2.63. The highest BCUT2D eigenvalue weighted by Gasteiger charge is 2.67. The van der Waals surface area contributed by atoms with Crippen molar-refractivity contribution in [1.29, 1.82) is 0 Å². The number of hydrogen-bond donors (Lipinski definition) is 1. The summed E-state index contributed by atoms with van der Waals surface area (Å²) in [5.41, 5.74) is 0.309. The molecule has 170 valence electrons. The molecule has 0 aromatic carbocycles. The van der Waals surface area contributed by atoms with Crippen LogP contribution in [0.4, 0.5) is 0 Å². The fraction of sp³-hybridized carbons (Fsp3) is 1.00. The van der Waals surface area contributed by atoms with Gasteiger partial charge in [-0.1, -0.05) is 13.8 Å². The van der Waals surface area contributed by atoms with Crippen LogP contribution in [0.3, 0.4) is 0 Å². The number of hydrogen-bond acceptors (Lipinski definition) is 5. The van der Waals surface area contributed by atoms with Gasteiger partial charge in [-0.2, -0.15) is 0 Å². The van der Waals surface area contributed by atoms with Crippen molar-refractivity contribution in [1.82, 2.24) is 0 Å². The van der Waals surface area contributed by atoms with Crippen molar-refractivity contribution in [2.45, 2.75) is 89.8 Å². The molecule has 5 heteroatoms. The predicted molar refractivity (Wildman–Crippen MR) is 112 cm³/mol. The summed E-state index contributed by atoms with van der Waals surface area (Å²) in [4.78, 5) is 0. The molecular weight excluding hydrogens is 380 g/mol.